The number of carbonyl (C=O) groups is 1. The second-order valence-corrected chi connectivity index (χ2v) is 8.26. The Hall–Kier alpha value is -2.61. The van der Waals surface area contributed by atoms with E-state index in [-0.39, 0.29) is 42.9 Å². The summed E-state index contributed by atoms with van der Waals surface area (Å²) in [5.74, 6) is -0.548. The first-order chi connectivity index (χ1) is 14.7. The summed E-state index contributed by atoms with van der Waals surface area (Å²) in [5, 5.41) is 13.6. The Morgan fingerprint density at radius 2 is 1.79 bits per heavy atom. The van der Waals surface area contributed by atoms with Crippen LogP contribution in [0.2, 0.25) is 0 Å². The van der Waals surface area contributed by atoms with E-state index in [1.807, 2.05) is 13.8 Å². The number of nitrogens with two attached hydrogens (primary N) is 1. The maximum absolute atomic E-state index is 11.5. The number of aromatic nitrogens is 3. The lowest BCUT2D eigenvalue weighted by Gasteiger charge is -2.21. The second-order valence-electron chi connectivity index (χ2n) is 8.26. The van der Waals surface area contributed by atoms with Crippen LogP contribution in [0.4, 0.5) is 0 Å². The molecule has 0 aliphatic carbocycles. The van der Waals surface area contributed by atoms with Gasteiger partial charge >= 0.3 is 5.97 Å². The molecule has 0 fully saturated rings. The lowest BCUT2D eigenvalue weighted by atomic mass is 9.90. The lowest BCUT2D eigenvalue weighted by molar-refractivity contribution is 0.0691. The van der Waals surface area contributed by atoms with Gasteiger partial charge in [-0.1, -0.05) is 43.7 Å². The molecule has 2 aromatic heterocycles. The maximum atomic E-state index is 11.5. The molecule has 0 bridgehead atoms. The molecule has 3 rings (SSSR count). The van der Waals surface area contributed by atoms with E-state index < -0.39 is 5.97 Å². The van der Waals surface area contributed by atoms with Crippen LogP contribution in [-0.2, 0) is 26.6 Å². The zero-order chi connectivity index (χ0) is 22.7. The highest BCUT2D eigenvalue weighted by Crippen LogP contribution is 2.33. The Balaban J connectivity index is 0.00000272. The van der Waals surface area contributed by atoms with Gasteiger partial charge in [-0.25, -0.2) is 4.79 Å². The highest BCUT2D eigenvalue weighted by atomic mass is 35.5. The van der Waals surface area contributed by atoms with E-state index in [1.165, 1.54) is 16.4 Å². The van der Waals surface area contributed by atoms with Crippen molar-refractivity contribution in [2.45, 2.75) is 47.3 Å². The van der Waals surface area contributed by atoms with Crippen molar-refractivity contribution < 1.29 is 14.6 Å². The smallest absolute Gasteiger partial charge is 0.342 e. The third kappa shape index (κ3) is 6.47. The van der Waals surface area contributed by atoms with Gasteiger partial charge in [0.05, 0.1) is 0 Å². The van der Waals surface area contributed by atoms with Gasteiger partial charge in [-0.3, -0.25) is 9.67 Å². The fourth-order valence-electron chi connectivity index (χ4n) is 3.73. The topological polar surface area (TPSA) is 103 Å². The molecule has 0 saturated heterocycles. The highest BCUT2D eigenvalue weighted by molar-refractivity contribution is 5.89. The van der Waals surface area contributed by atoms with Crippen LogP contribution in [-0.4, -0.2) is 25.8 Å². The van der Waals surface area contributed by atoms with Gasteiger partial charge in [0.1, 0.15) is 12.2 Å². The summed E-state index contributed by atoms with van der Waals surface area (Å²) in [5.41, 5.74) is 13.2. The Bertz CT molecular complexity index is 1100. The number of benzene rings is 1. The predicted molar refractivity (Wildman–Crippen MR) is 135 cm³/mol. The molecule has 0 aliphatic heterocycles. The van der Waals surface area contributed by atoms with Gasteiger partial charge < -0.3 is 15.6 Å². The number of hydrogen-bond acceptors (Lipinski definition) is 5. The van der Waals surface area contributed by atoms with Gasteiger partial charge in [0.25, 0.3) is 0 Å². The summed E-state index contributed by atoms with van der Waals surface area (Å²) in [6.07, 6.45) is 2.26. The van der Waals surface area contributed by atoms with Crippen molar-refractivity contribution in [2.24, 2.45) is 18.7 Å². The number of aryl methyl sites for hydroxylation is 3. The van der Waals surface area contributed by atoms with Crippen LogP contribution < -0.4 is 10.5 Å². The van der Waals surface area contributed by atoms with Crippen LogP contribution in [0.15, 0.2) is 30.5 Å². The first-order valence-electron chi connectivity index (χ1n) is 10.4. The van der Waals surface area contributed by atoms with E-state index in [0.717, 1.165) is 40.1 Å². The Morgan fingerprint density at radius 3 is 2.33 bits per heavy atom. The molecule has 0 aliphatic rings. The molecular weight excluding hydrogens is 463 g/mol. The second kappa shape index (κ2) is 12.0. The minimum absolute atomic E-state index is 0. The van der Waals surface area contributed by atoms with E-state index in [4.69, 9.17) is 15.5 Å². The van der Waals surface area contributed by atoms with Crippen LogP contribution in [0, 0.1) is 19.8 Å². The van der Waals surface area contributed by atoms with Gasteiger partial charge in [0.2, 0.25) is 5.88 Å². The zero-order valence-corrected chi connectivity index (χ0v) is 21.2. The van der Waals surface area contributed by atoms with Crippen LogP contribution in [0.3, 0.4) is 0 Å². The van der Waals surface area contributed by atoms with Crippen molar-refractivity contribution in [3.8, 4) is 17.0 Å². The number of aromatic carboxylic acids is 1. The predicted octanol–water partition coefficient (Wildman–Crippen LogP) is 4.88. The average molecular weight is 495 g/mol. The van der Waals surface area contributed by atoms with Crippen LogP contribution in [0.25, 0.3) is 11.1 Å². The zero-order valence-electron chi connectivity index (χ0n) is 19.6. The van der Waals surface area contributed by atoms with Crippen molar-refractivity contribution in [1.29, 1.82) is 0 Å². The minimum atomic E-state index is -1.08. The normalized spacial score (nSPS) is 10.5. The minimum Gasteiger partial charge on any atom is -0.477 e. The van der Waals surface area contributed by atoms with Gasteiger partial charge in [0, 0.05) is 36.7 Å². The number of nitrogens with zero attached hydrogens (tertiary/aromatic N) is 3. The molecule has 3 N–H and O–H groups in total. The maximum Gasteiger partial charge on any atom is 0.342 e. The van der Waals surface area contributed by atoms with Gasteiger partial charge in [-0.15, -0.1) is 29.9 Å². The molecule has 3 aromatic rings. The van der Waals surface area contributed by atoms with Crippen molar-refractivity contribution in [1.82, 2.24) is 14.8 Å². The molecule has 9 heteroatoms. The number of hydrogen-bond donors (Lipinski definition) is 2. The number of ether oxygens (including phenoxy) is 1. The molecule has 0 amide bonds. The third-order valence-corrected chi connectivity index (χ3v) is 5.22. The summed E-state index contributed by atoms with van der Waals surface area (Å²) in [6, 6.07) is 8.30. The molecule has 180 valence electrons. The quantitative estimate of drug-likeness (QED) is 0.462. The standard InChI is InChI=1S/C24H30N4O3.2ClH/c1-14(2)10-21-18(11-25)22(17-8-6-15(3)7-9-17)20(16(4)26-21)13-31-23-19(24(29)30)12-28(5)27-23;;/h6-9,12,14H,10-11,13,25H2,1-5H3,(H,29,30);2*1H. The molecule has 7 nitrogen and oxygen atoms in total. The number of rotatable bonds is 8. The van der Waals surface area contributed by atoms with Crippen LogP contribution >= 0.6 is 24.8 Å². The van der Waals surface area contributed by atoms with E-state index in [2.05, 4.69) is 43.2 Å². The van der Waals surface area contributed by atoms with Gasteiger partial charge in [-0.05, 0) is 42.9 Å². The van der Waals surface area contributed by atoms with Gasteiger partial charge in [0.15, 0.2) is 0 Å². The molecule has 1 aromatic carbocycles. The molecule has 0 unspecified atom stereocenters. The molecule has 0 saturated carbocycles. The van der Waals surface area contributed by atoms with Crippen LogP contribution in [0.5, 0.6) is 5.88 Å². The SMILES string of the molecule is Cc1ccc(-c2c(COc3nn(C)cc3C(=O)O)c(C)nc(CC(C)C)c2CN)cc1.Cl.Cl. The summed E-state index contributed by atoms with van der Waals surface area (Å²) >= 11 is 0. The Morgan fingerprint density at radius 1 is 1.15 bits per heavy atom. The largest absolute Gasteiger partial charge is 0.477 e. The first-order valence-corrected chi connectivity index (χ1v) is 10.4. The Kier molecular flexibility index (Phi) is 10.4. The number of pyridine rings is 1. The van der Waals surface area contributed by atoms with E-state index in [0.29, 0.717) is 12.5 Å². The van der Waals surface area contributed by atoms with Crippen molar-refractivity contribution in [3.05, 3.63) is 64.1 Å². The molecule has 33 heavy (non-hydrogen) atoms. The van der Waals surface area contributed by atoms with Crippen molar-refractivity contribution in [3.63, 3.8) is 0 Å². The molecular formula is C24H32Cl2N4O3. The summed E-state index contributed by atoms with van der Waals surface area (Å²) in [7, 11) is 1.66. The molecule has 0 spiro atoms. The molecule has 0 atom stereocenters. The third-order valence-electron chi connectivity index (χ3n) is 5.22. The van der Waals surface area contributed by atoms with Crippen molar-refractivity contribution >= 4 is 30.8 Å². The summed E-state index contributed by atoms with van der Waals surface area (Å²) in [6.45, 7) is 8.83. The lowest BCUT2D eigenvalue weighted by Crippen LogP contribution is -2.14. The summed E-state index contributed by atoms with van der Waals surface area (Å²) in [4.78, 5) is 16.4. The van der Waals surface area contributed by atoms with E-state index in [9.17, 15) is 9.90 Å². The Labute approximate surface area is 207 Å². The number of carboxylic acids is 1. The number of carboxylic acid groups (broad SMARTS) is 1. The van der Waals surface area contributed by atoms with Gasteiger partial charge in [-0.2, -0.15) is 0 Å². The number of halogens is 2. The fourth-order valence-corrected chi connectivity index (χ4v) is 3.73. The van der Waals surface area contributed by atoms with E-state index in [1.54, 1.807) is 7.05 Å². The fraction of sp³-hybridized carbons (Fsp3) is 0.375. The van der Waals surface area contributed by atoms with E-state index >= 15 is 0 Å². The average Bonchev–Trinajstić information content (AvgIpc) is 3.08. The first kappa shape index (κ1) is 28.4. The highest BCUT2D eigenvalue weighted by Gasteiger charge is 2.22. The molecule has 2 heterocycles. The van der Waals surface area contributed by atoms with Crippen LogP contribution in [0.1, 0.15) is 52.3 Å². The van der Waals surface area contributed by atoms with Crippen molar-refractivity contribution in [2.75, 3.05) is 0 Å². The molecule has 0 radical (unpaired) electrons. The summed E-state index contributed by atoms with van der Waals surface area (Å²) < 4.78 is 7.33. The monoisotopic (exact) mass is 494 g/mol.